The second kappa shape index (κ2) is 10.2. The highest BCUT2D eigenvalue weighted by Crippen LogP contribution is 2.41. The first-order valence-corrected chi connectivity index (χ1v) is 10.8. The zero-order valence-electron chi connectivity index (χ0n) is 19.9. The van der Waals surface area contributed by atoms with Gasteiger partial charge >= 0.3 is 0 Å². The summed E-state index contributed by atoms with van der Waals surface area (Å²) in [6.07, 6.45) is 1.56. The summed E-state index contributed by atoms with van der Waals surface area (Å²) >= 11 is 0. The molecule has 0 fully saturated rings. The third kappa shape index (κ3) is 4.91. The fraction of sp³-hybridized carbons (Fsp3) is 0.240. The van der Waals surface area contributed by atoms with Crippen LogP contribution < -0.4 is 30.0 Å². The maximum absolute atomic E-state index is 13.0. The van der Waals surface area contributed by atoms with Gasteiger partial charge in [0.05, 0.1) is 39.7 Å². The maximum atomic E-state index is 13.0. The molecule has 0 aliphatic rings. The van der Waals surface area contributed by atoms with E-state index in [-0.39, 0.29) is 22.6 Å². The van der Waals surface area contributed by atoms with Gasteiger partial charge in [-0.05, 0) is 29.8 Å². The number of methoxy groups -OCH3 is 3. The van der Waals surface area contributed by atoms with E-state index in [0.717, 1.165) is 5.56 Å². The van der Waals surface area contributed by atoms with Crippen LogP contribution in [0.3, 0.4) is 0 Å². The summed E-state index contributed by atoms with van der Waals surface area (Å²) < 4.78 is 21.4. The van der Waals surface area contributed by atoms with Gasteiger partial charge in [-0.25, -0.2) is 4.98 Å². The maximum Gasteiger partial charge on any atom is 0.264 e. The summed E-state index contributed by atoms with van der Waals surface area (Å²) in [7, 11) is 6.22. The molecule has 0 spiro atoms. The van der Waals surface area contributed by atoms with Gasteiger partial charge in [0, 0.05) is 25.2 Å². The van der Waals surface area contributed by atoms with Crippen molar-refractivity contribution < 1.29 is 23.4 Å². The molecule has 0 atom stereocenters. The van der Waals surface area contributed by atoms with Crippen LogP contribution in [-0.2, 0) is 13.1 Å². The lowest BCUT2D eigenvalue weighted by atomic mass is 10.1. The SMILES string of the molecule is COc1cc2nc(N(C)Cc3cccc(C(=O)NCc4ccco4)c3)[nH]c(=O)c2c(OC)c1OC. The number of benzene rings is 2. The molecule has 2 heterocycles. The predicted molar refractivity (Wildman–Crippen MR) is 130 cm³/mol. The fourth-order valence-electron chi connectivity index (χ4n) is 3.78. The van der Waals surface area contributed by atoms with Gasteiger partial charge in [-0.2, -0.15) is 0 Å². The van der Waals surface area contributed by atoms with Crippen molar-refractivity contribution in [3.63, 3.8) is 0 Å². The number of hydrogen-bond donors (Lipinski definition) is 2. The van der Waals surface area contributed by atoms with Gasteiger partial charge in [0.1, 0.15) is 11.1 Å². The van der Waals surface area contributed by atoms with E-state index >= 15 is 0 Å². The average Bonchev–Trinajstić information content (AvgIpc) is 3.39. The molecule has 182 valence electrons. The van der Waals surface area contributed by atoms with Crippen molar-refractivity contribution in [2.75, 3.05) is 33.3 Å². The molecule has 0 aliphatic carbocycles. The van der Waals surface area contributed by atoms with Crippen molar-refractivity contribution >= 4 is 22.8 Å². The zero-order chi connectivity index (χ0) is 24.9. The summed E-state index contributed by atoms with van der Waals surface area (Å²) in [5.41, 5.74) is 1.41. The third-order valence-corrected chi connectivity index (χ3v) is 5.46. The fourth-order valence-corrected chi connectivity index (χ4v) is 3.78. The van der Waals surface area contributed by atoms with Gasteiger partial charge < -0.3 is 28.8 Å². The Morgan fingerprint density at radius 1 is 1.09 bits per heavy atom. The molecule has 2 aromatic heterocycles. The Balaban J connectivity index is 1.58. The number of amides is 1. The van der Waals surface area contributed by atoms with Crippen LogP contribution in [0.25, 0.3) is 10.9 Å². The van der Waals surface area contributed by atoms with Gasteiger partial charge in [0.25, 0.3) is 11.5 Å². The number of carbonyl (C=O) groups is 1. The third-order valence-electron chi connectivity index (χ3n) is 5.46. The largest absolute Gasteiger partial charge is 0.493 e. The summed E-state index contributed by atoms with van der Waals surface area (Å²) in [6, 6.07) is 12.4. The lowest BCUT2D eigenvalue weighted by Gasteiger charge is -2.19. The van der Waals surface area contributed by atoms with Crippen LogP contribution in [0.2, 0.25) is 0 Å². The molecule has 0 radical (unpaired) electrons. The number of aromatic nitrogens is 2. The number of nitrogens with one attached hydrogen (secondary N) is 2. The van der Waals surface area contributed by atoms with Crippen LogP contribution in [0.5, 0.6) is 17.2 Å². The van der Waals surface area contributed by atoms with Gasteiger partial charge in [-0.3, -0.25) is 14.6 Å². The van der Waals surface area contributed by atoms with E-state index in [4.69, 9.17) is 18.6 Å². The summed E-state index contributed by atoms with van der Waals surface area (Å²) in [5.74, 6) is 1.78. The zero-order valence-corrected chi connectivity index (χ0v) is 19.9. The molecule has 35 heavy (non-hydrogen) atoms. The molecule has 4 aromatic rings. The number of hydrogen-bond acceptors (Lipinski definition) is 8. The topological polar surface area (TPSA) is 119 Å². The van der Waals surface area contributed by atoms with Crippen LogP contribution >= 0.6 is 0 Å². The van der Waals surface area contributed by atoms with Crippen LogP contribution in [-0.4, -0.2) is 44.3 Å². The normalized spacial score (nSPS) is 10.7. The minimum atomic E-state index is -0.374. The number of carbonyl (C=O) groups excluding carboxylic acids is 1. The lowest BCUT2D eigenvalue weighted by molar-refractivity contribution is 0.0948. The number of nitrogens with zero attached hydrogens (tertiary/aromatic N) is 2. The molecule has 0 unspecified atom stereocenters. The Hall–Kier alpha value is -4.47. The smallest absolute Gasteiger partial charge is 0.264 e. The van der Waals surface area contributed by atoms with Crippen LogP contribution in [0.1, 0.15) is 21.7 Å². The van der Waals surface area contributed by atoms with Gasteiger partial charge in [-0.1, -0.05) is 12.1 Å². The van der Waals surface area contributed by atoms with E-state index in [0.29, 0.717) is 47.4 Å². The second-order valence-corrected chi connectivity index (χ2v) is 7.75. The molecule has 4 rings (SSSR count). The average molecular weight is 479 g/mol. The Bertz CT molecular complexity index is 1400. The molecule has 0 saturated heterocycles. The lowest BCUT2D eigenvalue weighted by Crippen LogP contribution is -2.24. The first-order valence-electron chi connectivity index (χ1n) is 10.8. The Labute approximate surface area is 201 Å². The second-order valence-electron chi connectivity index (χ2n) is 7.75. The minimum Gasteiger partial charge on any atom is -0.493 e. The van der Waals surface area contributed by atoms with E-state index in [1.54, 1.807) is 48.5 Å². The molecule has 2 N–H and O–H groups in total. The van der Waals surface area contributed by atoms with E-state index < -0.39 is 0 Å². The standard InChI is InChI=1S/C25H26N4O6/c1-29(14-15-7-5-8-16(11-15)23(30)26-13-17-9-6-10-35-17)25-27-18-12-19(32-2)21(33-3)22(34-4)20(18)24(31)28-25/h5-12H,13-14H2,1-4H3,(H,26,30)(H,27,28,31). The number of anilines is 1. The summed E-state index contributed by atoms with van der Waals surface area (Å²) in [4.78, 5) is 34.7. The highest BCUT2D eigenvalue weighted by molar-refractivity contribution is 5.94. The van der Waals surface area contributed by atoms with Crippen molar-refractivity contribution in [3.05, 3.63) is 76.0 Å². The Morgan fingerprint density at radius 2 is 1.89 bits per heavy atom. The van der Waals surface area contributed by atoms with E-state index in [9.17, 15) is 9.59 Å². The van der Waals surface area contributed by atoms with Crippen LogP contribution in [0.15, 0.2) is 57.9 Å². The van der Waals surface area contributed by atoms with Gasteiger partial charge in [-0.15, -0.1) is 0 Å². The quantitative estimate of drug-likeness (QED) is 0.377. The molecule has 0 saturated carbocycles. The minimum absolute atomic E-state index is 0.212. The highest BCUT2D eigenvalue weighted by atomic mass is 16.5. The first-order chi connectivity index (χ1) is 16.9. The van der Waals surface area contributed by atoms with Crippen molar-refractivity contribution in [2.45, 2.75) is 13.1 Å². The number of rotatable bonds is 9. The molecule has 0 bridgehead atoms. The summed E-state index contributed by atoms with van der Waals surface area (Å²) in [6.45, 7) is 0.702. The van der Waals surface area contributed by atoms with Gasteiger partial charge in [0.2, 0.25) is 11.7 Å². The number of furan rings is 1. The number of fused-ring (bicyclic) bond motifs is 1. The summed E-state index contributed by atoms with van der Waals surface area (Å²) in [5, 5.41) is 3.09. The number of H-pyrrole nitrogens is 1. The van der Waals surface area contributed by atoms with Crippen molar-refractivity contribution in [2.24, 2.45) is 0 Å². The molecule has 10 heteroatoms. The van der Waals surface area contributed by atoms with Crippen molar-refractivity contribution in [1.82, 2.24) is 15.3 Å². The van der Waals surface area contributed by atoms with E-state index in [2.05, 4.69) is 15.3 Å². The van der Waals surface area contributed by atoms with Crippen LogP contribution in [0.4, 0.5) is 5.95 Å². The highest BCUT2D eigenvalue weighted by Gasteiger charge is 2.21. The molecule has 2 aromatic carbocycles. The van der Waals surface area contributed by atoms with Gasteiger partial charge in [0.15, 0.2) is 11.5 Å². The molecular weight excluding hydrogens is 452 g/mol. The molecular formula is C25H26N4O6. The van der Waals surface area contributed by atoms with Crippen molar-refractivity contribution in [3.8, 4) is 17.2 Å². The Kier molecular flexibility index (Phi) is 6.91. The molecule has 10 nitrogen and oxygen atoms in total. The monoisotopic (exact) mass is 478 g/mol. The molecule has 1 amide bonds. The first kappa shape index (κ1) is 23.7. The van der Waals surface area contributed by atoms with Crippen molar-refractivity contribution in [1.29, 1.82) is 0 Å². The van der Waals surface area contributed by atoms with Crippen LogP contribution in [0, 0.1) is 0 Å². The van der Waals surface area contributed by atoms with E-state index in [1.807, 2.05) is 12.1 Å². The number of ether oxygens (including phenoxy) is 3. The molecule has 0 aliphatic heterocycles. The number of aromatic amines is 1. The van der Waals surface area contributed by atoms with E-state index in [1.165, 1.54) is 21.3 Å². The Morgan fingerprint density at radius 3 is 2.57 bits per heavy atom. The predicted octanol–water partition coefficient (Wildman–Crippen LogP) is 3.11.